The highest BCUT2D eigenvalue weighted by Gasteiger charge is 2.21. The van der Waals surface area contributed by atoms with Gasteiger partial charge in [0.05, 0.1) is 47.5 Å². The van der Waals surface area contributed by atoms with Crippen molar-refractivity contribution < 1.29 is 18.1 Å². The molecule has 0 amide bonds. The van der Waals surface area contributed by atoms with E-state index in [-0.39, 0.29) is 30.3 Å². The van der Waals surface area contributed by atoms with Gasteiger partial charge >= 0.3 is 5.69 Å². The van der Waals surface area contributed by atoms with Crippen molar-refractivity contribution in [2.75, 3.05) is 5.32 Å². The number of pyridine rings is 3. The Bertz CT molecular complexity index is 1630. The highest BCUT2D eigenvalue weighted by Crippen LogP contribution is 2.28. The molecule has 0 saturated carbocycles. The molecule has 5 aromatic rings. The van der Waals surface area contributed by atoms with E-state index in [1.165, 1.54) is 47.1 Å². The third kappa shape index (κ3) is 5.10. The first-order valence-electron chi connectivity index (χ1n) is 11.2. The number of nitrogens with zero attached hydrogens (tertiary/aromatic N) is 7. The van der Waals surface area contributed by atoms with Crippen LogP contribution >= 0.6 is 0 Å². The number of anilines is 1. The normalized spacial score (nSPS) is 12.0. The fraction of sp³-hybridized carbons (Fsp3) is 0.125. The molecule has 0 aliphatic heterocycles. The molecule has 0 aliphatic rings. The van der Waals surface area contributed by atoms with Crippen molar-refractivity contribution in [2.24, 2.45) is 5.73 Å². The topological polar surface area (TPSA) is 150 Å². The molecule has 0 bridgehead atoms. The van der Waals surface area contributed by atoms with Crippen LogP contribution in [0, 0.1) is 27.6 Å². The van der Waals surface area contributed by atoms with E-state index >= 15 is 0 Å². The van der Waals surface area contributed by atoms with E-state index < -0.39 is 34.1 Å². The number of hydrogen-bond acceptors (Lipinski definition) is 9. The van der Waals surface area contributed by atoms with Gasteiger partial charge in [0.2, 0.25) is 5.82 Å². The van der Waals surface area contributed by atoms with Crippen LogP contribution in [0.15, 0.2) is 61.3 Å². The standard InChI is InChI=1S/C24H18F3N9O2/c25-14-1-3-17(29-7-14)9-31-23-21(36(37)38)11-32-22(34-23)20-10-33-24-13(5-16(27)12-35(20)24)6-18(28)19-4-2-15(26)8-30-19/h1-5,7-8,10-12,18H,6,9,28H2,(H,31,32,34). The maximum atomic E-state index is 14.6. The third-order valence-electron chi connectivity index (χ3n) is 5.64. The van der Waals surface area contributed by atoms with Crippen LogP contribution in [-0.4, -0.2) is 34.2 Å². The number of aromatic nitrogens is 6. The lowest BCUT2D eigenvalue weighted by Gasteiger charge is -2.12. The van der Waals surface area contributed by atoms with Crippen LogP contribution in [0.5, 0.6) is 0 Å². The molecular weight excluding hydrogens is 503 g/mol. The van der Waals surface area contributed by atoms with Crippen LogP contribution in [0.4, 0.5) is 24.7 Å². The predicted octanol–water partition coefficient (Wildman–Crippen LogP) is 3.76. The average Bonchev–Trinajstić information content (AvgIpc) is 3.32. The van der Waals surface area contributed by atoms with Gasteiger partial charge < -0.3 is 11.1 Å². The molecule has 5 aromatic heterocycles. The van der Waals surface area contributed by atoms with E-state index in [1.54, 1.807) is 0 Å². The molecule has 5 rings (SSSR count). The minimum Gasteiger partial charge on any atom is -0.359 e. The number of nitrogens with two attached hydrogens (primary N) is 1. The molecule has 0 aromatic carbocycles. The Morgan fingerprint density at radius 2 is 1.74 bits per heavy atom. The van der Waals surface area contributed by atoms with E-state index in [0.717, 1.165) is 18.6 Å². The molecule has 38 heavy (non-hydrogen) atoms. The van der Waals surface area contributed by atoms with Gasteiger partial charge in [-0.15, -0.1) is 0 Å². The lowest BCUT2D eigenvalue weighted by atomic mass is 10.0. The summed E-state index contributed by atoms with van der Waals surface area (Å²) in [7, 11) is 0. The second-order valence-corrected chi connectivity index (χ2v) is 8.24. The monoisotopic (exact) mass is 521 g/mol. The van der Waals surface area contributed by atoms with Crippen molar-refractivity contribution in [1.82, 2.24) is 29.3 Å². The number of nitrogens with one attached hydrogen (secondary N) is 1. The largest absolute Gasteiger partial charge is 0.359 e. The molecule has 3 N–H and O–H groups in total. The van der Waals surface area contributed by atoms with Crippen molar-refractivity contribution in [1.29, 1.82) is 0 Å². The van der Waals surface area contributed by atoms with Crippen LogP contribution < -0.4 is 11.1 Å². The summed E-state index contributed by atoms with van der Waals surface area (Å²) in [5.41, 5.74) is 7.77. The molecule has 14 heteroatoms. The van der Waals surface area contributed by atoms with Crippen LogP contribution in [-0.2, 0) is 13.0 Å². The van der Waals surface area contributed by atoms with Gasteiger partial charge in [0.25, 0.3) is 0 Å². The quantitative estimate of drug-likeness (QED) is 0.230. The van der Waals surface area contributed by atoms with Crippen LogP contribution in [0.3, 0.4) is 0 Å². The van der Waals surface area contributed by atoms with Gasteiger partial charge in [-0.1, -0.05) is 0 Å². The van der Waals surface area contributed by atoms with E-state index in [1.807, 2.05) is 0 Å². The third-order valence-corrected chi connectivity index (χ3v) is 5.64. The van der Waals surface area contributed by atoms with Gasteiger partial charge in [0.1, 0.15) is 35.0 Å². The Labute approximate surface area is 212 Å². The average molecular weight is 521 g/mol. The summed E-state index contributed by atoms with van der Waals surface area (Å²) in [6.07, 6.45) is 5.84. The molecule has 0 spiro atoms. The first-order chi connectivity index (χ1) is 18.3. The Morgan fingerprint density at radius 3 is 2.42 bits per heavy atom. The Morgan fingerprint density at radius 1 is 0.974 bits per heavy atom. The molecule has 11 nitrogen and oxygen atoms in total. The van der Waals surface area contributed by atoms with Gasteiger partial charge in [0, 0.05) is 11.8 Å². The fourth-order valence-corrected chi connectivity index (χ4v) is 3.83. The number of hydrogen-bond donors (Lipinski definition) is 2. The number of rotatable bonds is 8. The number of halogens is 3. The number of nitro groups is 1. The number of fused-ring (bicyclic) bond motifs is 1. The van der Waals surface area contributed by atoms with Gasteiger partial charge in [0.15, 0.2) is 5.82 Å². The first kappa shape index (κ1) is 24.7. The highest BCUT2D eigenvalue weighted by molar-refractivity contribution is 5.64. The van der Waals surface area contributed by atoms with E-state index in [2.05, 4.69) is 30.2 Å². The Hall–Kier alpha value is -4.98. The minimum absolute atomic E-state index is 0.0266. The molecule has 5 heterocycles. The van der Waals surface area contributed by atoms with Crippen molar-refractivity contribution >= 4 is 17.2 Å². The molecule has 1 unspecified atom stereocenters. The molecule has 0 saturated heterocycles. The summed E-state index contributed by atoms with van der Waals surface area (Å²) in [6, 6.07) is 5.96. The molecular formula is C24H18F3N9O2. The summed E-state index contributed by atoms with van der Waals surface area (Å²) < 4.78 is 42.4. The van der Waals surface area contributed by atoms with Crippen LogP contribution in [0.25, 0.3) is 17.2 Å². The molecule has 192 valence electrons. The zero-order chi connectivity index (χ0) is 26.8. The highest BCUT2D eigenvalue weighted by atomic mass is 19.1. The van der Waals surface area contributed by atoms with Crippen molar-refractivity contribution in [3.63, 3.8) is 0 Å². The van der Waals surface area contributed by atoms with Crippen molar-refractivity contribution in [3.05, 3.63) is 106 Å². The number of imidazole rings is 1. The summed E-state index contributed by atoms with van der Waals surface area (Å²) in [6.45, 7) is 0.0266. The summed E-state index contributed by atoms with van der Waals surface area (Å²) >= 11 is 0. The van der Waals surface area contributed by atoms with E-state index in [9.17, 15) is 23.3 Å². The van der Waals surface area contributed by atoms with Gasteiger partial charge in [-0.3, -0.25) is 24.5 Å². The molecule has 1 atom stereocenters. The second kappa shape index (κ2) is 10.2. The van der Waals surface area contributed by atoms with Crippen molar-refractivity contribution in [2.45, 2.75) is 19.0 Å². The zero-order valence-corrected chi connectivity index (χ0v) is 19.4. The van der Waals surface area contributed by atoms with Crippen LogP contribution in [0.1, 0.15) is 23.0 Å². The van der Waals surface area contributed by atoms with Gasteiger partial charge in [-0.05, 0) is 36.8 Å². The summed E-state index contributed by atoms with van der Waals surface area (Å²) in [5.74, 6) is -1.68. The van der Waals surface area contributed by atoms with Crippen LogP contribution in [0.2, 0.25) is 0 Å². The minimum atomic E-state index is -0.659. The summed E-state index contributed by atoms with van der Waals surface area (Å²) in [5, 5.41) is 14.4. The second-order valence-electron chi connectivity index (χ2n) is 8.24. The summed E-state index contributed by atoms with van der Waals surface area (Å²) in [4.78, 5) is 31.5. The molecule has 0 radical (unpaired) electrons. The molecule has 0 aliphatic carbocycles. The predicted molar refractivity (Wildman–Crippen MR) is 129 cm³/mol. The van der Waals surface area contributed by atoms with E-state index in [4.69, 9.17) is 5.73 Å². The van der Waals surface area contributed by atoms with E-state index in [0.29, 0.717) is 22.6 Å². The zero-order valence-electron chi connectivity index (χ0n) is 19.4. The van der Waals surface area contributed by atoms with Gasteiger partial charge in [-0.2, -0.15) is 0 Å². The fourth-order valence-electron chi connectivity index (χ4n) is 3.83. The lowest BCUT2D eigenvalue weighted by molar-refractivity contribution is -0.384. The first-order valence-corrected chi connectivity index (χ1v) is 11.2. The van der Waals surface area contributed by atoms with Crippen molar-refractivity contribution in [3.8, 4) is 11.5 Å². The maximum absolute atomic E-state index is 14.6. The van der Waals surface area contributed by atoms with Gasteiger partial charge in [-0.25, -0.2) is 28.1 Å². The Kier molecular flexibility index (Phi) is 6.62. The SMILES string of the molecule is NC(Cc1cc(F)cn2c(-c3ncc([N+](=O)[O-])c(NCc4ccc(F)cn4)n3)cnc12)c1ccc(F)cn1. The maximum Gasteiger partial charge on any atom is 0.329 e. The Balaban J connectivity index is 1.48. The smallest absolute Gasteiger partial charge is 0.329 e. The molecule has 0 fully saturated rings. The lowest BCUT2D eigenvalue weighted by Crippen LogP contribution is -2.16.